The number of hydrogen-bond acceptors (Lipinski definition) is 3. The molecular weight excluding hydrogens is 308 g/mol. The van der Waals surface area contributed by atoms with Crippen LogP contribution >= 0.6 is 0 Å². The SMILES string of the molecule is CN(CCN)[C@H]1CC[C@H]2[C@@H]3CC[C@@H]4C[C@H](O)CC[C@]4(C)[C@H]3CC[C@]12C. The highest BCUT2D eigenvalue weighted by atomic mass is 16.3. The van der Waals surface area contributed by atoms with E-state index in [9.17, 15) is 5.11 Å². The summed E-state index contributed by atoms with van der Waals surface area (Å²) in [7, 11) is 2.30. The number of rotatable bonds is 3. The first-order valence-corrected chi connectivity index (χ1v) is 11.0. The summed E-state index contributed by atoms with van der Waals surface area (Å²) in [5, 5.41) is 10.2. The molecule has 0 unspecified atom stereocenters. The summed E-state index contributed by atoms with van der Waals surface area (Å²) in [6.07, 6.45) is 11.8. The van der Waals surface area contributed by atoms with Gasteiger partial charge in [0.15, 0.2) is 0 Å². The van der Waals surface area contributed by atoms with E-state index in [4.69, 9.17) is 5.73 Å². The Kier molecular flexibility index (Phi) is 4.74. The van der Waals surface area contributed by atoms with Crippen molar-refractivity contribution in [1.29, 1.82) is 0 Å². The standard InChI is InChI=1S/C22H40N2O/c1-21-10-8-16(25)14-15(21)4-5-17-18-6-7-20(24(3)13-12-23)22(18,2)11-9-19(17)21/h15-20,25H,4-14,23H2,1-3H3/t15-,16-,17+,18+,19+,20+,21+,22+/m1/s1. The number of aliphatic hydroxyl groups excluding tert-OH is 1. The first-order valence-electron chi connectivity index (χ1n) is 11.0. The quantitative estimate of drug-likeness (QED) is 0.818. The maximum atomic E-state index is 10.2. The van der Waals surface area contributed by atoms with Crippen LogP contribution in [0.4, 0.5) is 0 Å². The molecule has 0 bridgehead atoms. The van der Waals surface area contributed by atoms with Crippen LogP contribution in [0.1, 0.15) is 71.6 Å². The van der Waals surface area contributed by atoms with Crippen molar-refractivity contribution in [2.24, 2.45) is 40.2 Å². The van der Waals surface area contributed by atoms with Gasteiger partial charge < -0.3 is 15.7 Å². The smallest absolute Gasteiger partial charge is 0.0543 e. The lowest BCUT2D eigenvalue weighted by Gasteiger charge is -2.61. The summed E-state index contributed by atoms with van der Waals surface area (Å²) in [4.78, 5) is 2.57. The van der Waals surface area contributed by atoms with Crippen LogP contribution in [0.25, 0.3) is 0 Å². The zero-order chi connectivity index (χ0) is 17.8. The first kappa shape index (κ1) is 18.3. The van der Waals surface area contributed by atoms with E-state index in [2.05, 4.69) is 25.8 Å². The topological polar surface area (TPSA) is 49.5 Å². The third-order valence-electron chi connectivity index (χ3n) is 9.60. The second kappa shape index (κ2) is 6.49. The lowest BCUT2D eigenvalue weighted by atomic mass is 9.45. The maximum absolute atomic E-state index is 10.2. The Morgan fingerprint density at radius 2 is 1.68 bits per heavy atom. The van der Waals surface area contributed by atoms with Crippen LogP contribution in [0.2, 0.25) is 0 Å². The summed E-state index contributed by atoms with van der Waals surface area (Å²) in [6, 6.07) is 0.737. The van der Waals surface area contributed by atoms with Crippen molar-refractivity contribution in [1.82, 2.24) is 4.90 Å². The average Bonchev–Trinajstić information content (AvgIpc) is 2.93. The highest BCUT2D eigenvalue weighted by Gasteiger charge is 2.60. The molecule has 3 N–H and O–H groups in total. The fraction of sp³-hybridized carbons (Fsp3) is 1.00. The fourth-order valence-electron chi connectivity index (χ4n) is 8.29. The van der Waals surface area contributed by atoms with Crippen molar-refractivity contribution in [2.45, 2.75) is 83.8 Å². The average molecular weight is 349 g/mol. The fourth-order valence-corrected chi connectivity index (χ4v) is 8.29. The van der Waals surface area contributed by atoms with E-state index < -0.39 is 0 Å². The Labute approximate surface area is 154 Å². The Morgan fingerprint density at radius 1 is 0.960 bits per heavy atom. The van der Waals surface area contributed by atoms with E-state index in [0.29, 0.717) is 10.8 Å². The van der Waals surface area contributed by atoms with Gasteiger partial charge >= 0.3 is 0 Å². The molecule has 0 aliphatic heterocycles. The summed E-state index contributed by atoms with van der Waals surface area (Å²) in [5.41, 5.74) is 6.86. The molecule has 0 aromatic heterocycles. The van der Waals surface area contributed by atoms with E-state index in [1.807, 2.05) is 0 Å². The predicted molar refractivity (Wildman–Crippen MR) is 103 cm³/mol. The van der Waals surface area contributed by atoms with Crippen molar-refractivity contribution in [3.8, 4) is 0 Å². The van der Waals surface area contributed by atoms with Gasteiger partial charge in [0.05, 0.1) is 6.10 Å². The Morgan fingerprint density at radius 3 is 2.44 bits per heavy atom. The van der Waals surface area contributed by atoms with Gasteiger partial charge in [-0.3, -0.25) is 0 Å². The molecule has 0 aromatic carbocycles. The molecule has 0 saturated heterocycles. The van der Waals surface area contributed by atoms with E-state index in [1.54, 1.807) is 0 Å². The van der Waals surface area contributed by atoms with Gasteiger partial charge in [-0.15, -0.1) is 0 Å². The number of fused-ring (bicyclic) bond motifs is 5. The number of aliphatic hydroxyl groups is 1. The molecule has 4 saturated carbocycles. The van der Waals surface area contributed by atoms with Crippen LogP contribution in [-0.4, -0.2) is 42.3 Å². The lowest BCUT2D eigenvalue weighted by molar-refractivity contribution is -0.128. The van der Waals surface area contributed by atoms with Gasteiger partial charge in [0.25, 0.3) is 0 Å². The molecule has 3 nitrogen and oxygen atoms in total. The zero-order valence-corrected chi connectivity index (χ0v) is 16.7. The van der Waals surface area contributed by atoms with Gasteiger partial charge in [-0.05, 0) is 99.3 Å². The molecular formula is C22H40N2O. The number of nitrogens with zero attached hydrogens (tertiary/aromatic N) is 1. The van der Waals surface area contributed by atoms with Crippen LogP contribution in [0.5, 0.6) is 0 Å². The molecule has 4 aliphatic rings. The number of likely N-dealkylation sites (N-methyl/N-ethyl adjacent to an activating group) is 1. The molecule has 0 aromatic rings. The van der Waals surface area contributed by atoms with Gasteiger partial charge in [-0.2, -0.15) is 0 Å². The van der Waals surface area contributed by atoms with Gasteiger partial charge in [0, 0.05) is 19.1 Å². The number of nitrogens with two attached hydrogens (primary N) is 1. The Bertz CT molecular complexity index is 496. The van der Waals surface area contributed by atoms with Gasteiger partial charge in [0.1, 0.15) is 0 Å². The molecule has 144 valence electrons. The van der Waals surface area contributed by atoms with Crippen LogP contribution in [0, 0.1) is 34.5 Å². The third kappa shape index (κ3) is 2.72. The minimum absolute atomic E-state index is 0.0238. The maximum Gasteiger partial charge on any atom is 0.0543 e. The molecule has 4 fully saturated rings. The molecule has 0 spiro atoms. The molecule has 0 amide bonds. The summed E-state index contributed by atoms with van der Waals surface area (Å²) >= 11 is 0. The minimum atomic E-state index is -0.0238. The second-order valence-electron chi connectivity index (χ2n) is 10.5. The molecule has 0 heterocycles. The van der Waals surface area contributed by atoms with Crippen molar-refractivity contribution in [2.75, 3.05) is 20.1 Å². The lowest BCUT2D eigenvalue weighted by Crippen LogP contribution is -2.56. The van der Waals surface area contributed by atoms with Crippen LogP contribution < -0.4 is 5.73 Å². The van der Waals surface area contributed by atoms with Crippen LogP contribution in [-0.2, 0) is 0 Å². The summed E-state index contributed by atoms with van der Waals surface area (Å²) < 4.78 is 0. The molecule has 4 rings (SSSR count). The van der Waals surface area contributed by atoms with Gasteiger partial charge in [-0.1, -0.05) is 13.8 Å². The second-order valence-corrected chi connectivity index (χ2v) is 10.5. The van der Waals surface area contributed by atoms with E-state index in [0.717, 1.165) is 55.6 Å². The van der Waals surface area contributed by atoms with Gasteiger partial charge in [0.2, 0.25) is 0 Å². The summed E-state index contributed by atoms with van der Waals surface area (Å²) in [5.74, 6) is 3.54. The molecule has 4 aliphatic carbocycles. The Hall–Kier alpha value is -0.120. The monoisotopic (exact) mass is 348 g/mol. The first-order chi connectivity index (χ1) is 11.9. The number of hydrogen-bond donors (Lipinski definition) is 2. The van der Waals surface area contributed by atoms with Crippen LogP contribution in [0.3, 0.4) is 0 Å². The van der Waals surface area contributed by atoms with Crippen LogP contribution in [0.15, 0.2) is 0 Å². The highest BCUT2D eigenvalue weighted by Crippen LogP contribution is 2.66. The highest BCUT2D eigenvalue weighted by molar-refractivity contribution is 5.11. The van der Waals surface area contributed by atoms with Crippen molar-refractivity contribution in [3.63, 3.8) is 0 Å². The zero-order valence-electron chi connectivity index (χ0n) is 16.7. The molecule has 8 atom stereocenters. The largest absolute Gasteiger partial charge is 0.393 e. The van der Waals surface area contributed by atoms with E-state index in [1.165, 1.54) is 44.9 Å². The van der Waals surface area contributed by atoms with Crippen molar-refractivity contribution in [3.05, 3.63) is 0 Å². The van der Waals surface area contributed by atoms with Crippen molar-refractivity contribution < 1.29 is 5.11 Å². The normalized spacial score (nSPS) is 52.6. The van der Waals surface area contributed by atoms with Gasteiger partial charge in [-0.25, -0.2) is 0 Å². The van der Waals surface area contributed by atoms with E-state index in [-0.39, 0.29) is 6.10 Å². The molecule has 0 radical (unpaired) electrons. The summed E-state index contributed by atoms with van der Waals surface area (Å²) in [6.45, 7) is 7.02. The predicted octanol–water partition coefficient (Wildman–Crippen LogP) is 3.65. The van der Waals surface area contributed by atoms with E-state index >= 15 is 0 Å². The van der Waals surface area contributed by atoms with Crippen molar-refractivity contribution >= 4 is 0 Å². The molecule has 3 heteroatoms. The minimum Gasteiger partial charge on any atom is -0.393 e. The molecule has 25 heavy (non-hydrogen) atoms. The Balaban J connectivity index is 1.56. The third-order valence-corrected chi connectivity index (χ3v) is 9.60.